The second-order valence-electron chi connectivity index (χ2n) is 26.3. The molecule has 13 heteroatoms. The third kappa shape index (κ3) is 11.4. The summed E-state index contributed by atoms with van der Waals surface area (Å²) in [6, 6.07) is -1.24. The van der Waals surface area contributed by atoms with Gasteiger partial charge in [0.25, 0.3) is 11.7 Å². The lowest BCUT2D eigenvalue weighted by Crippen LogP contribution is -2.74. The Morgan fingerprint density at radius 2 is 1.46 bits per heavy atom. The van der Waals surface area contributed by atoms with Crippen molar-refractivity contribution in [2.24, 2.45) is 70.0 Å². The van der Waals surface area contributed by atoms with Crippen molar-refractivity contribution in [3.63, 3.8) is 0 Å². The van der Waals surface area contributed by atoms with Crippen LogP contribution in [-0.4, -0.2) is 128 Å². The van der Waals surface area contributed by atoms with Crippen molar-refractivity contribution in [1.29, 1.82) is 0 Å². The first-order chi connectivity index (χ1) is 35.1. The smallest absolute Gasteiger partial charge is 0.329 e. The number of ether oxygens (including phenoxy) is 7. The zero-order valence-electron chi connectivity index (χ0n) is 51.9. The minimum Gasteiger partial charge on any atom is -0.456 e. The molecule has 13 nitrogen and oxygen atoms in total. The van der Waals surface area contributed by atoms with E-state index < -0.39 is 99.4 Å². The second kappa shape index (κ2) is 24.9. The molecule has 3 heterocycles. The maximum absolute atomic E-state index is 16.1. The Morgan fingerprint density at radius 3 is 1.96 bits per heavy atom. The summed E-state index contributed by atoms with van der Waals surface area (Å²) in [5.74, 6) is -7.21. The highest BCUT2D eigenvalue weighted by molar-refractivity contribution is 6.39. The zero-order chi connectivity index (χ0) is 58.2. The van der Waals surface area contributed by atoms with Gasteiger partial charge in [-0.1, -0.05) is 113 Å². The largest absolute Gasteiger partial charge is 0.456 e. The van der Waals surface area contributed by atoms with E-state index in [-0.39, 0.29) is 72.4 Å². The molecule has 0 radical (unpaired) electrons. The number of cyclic esters (lactones) is 1. The van der Waals surface area contributed by atoms with E-state index in [1.54, 1.807) is 27.4 Å². The lowest BCUT2D eigenvalue weighted by atomic mass is 9.60. The number of aliphatic hydroxyl groups is 1. The molecule has 4 unspecified atom stereocenters. The number of amides is 1. The molecule has 436 valence electrons. The molecule has 4 rings (SSSR count). The number of Topliss-reactive ketones (excluding diaryl/α,β-unsaturated/α-hetero) is 2. The van der Waals surface area contributed by atoms with Crippen molar-refractivity contribution in [3.05, 3.63) is 35.5 Å². The van der Waals surface area contributed by atoms with Crippen molar-refractivity contribution in [1.82, 2.24) is 4.90 Å². The molecule has 0 aromatic carbocycles. The number of rotatable bonds is 12. The summed E-state index contributed by atoms with van der Waals surface area (Å²) >= 11 is 0. The second-order valence-corrected chi connectivity index (χ2v) is 26.3. The van der Waals surface area contributed by atoms with Crippen LogP contribution in [0.5, 0.6) is 0 Å². The average molecular weight is 1070 g/mol. The lowest BCUT2D eigenvalue weighted by Gasteiger charge is -2.60. The third-order valence-corrected chi connectivity index (χ3v) is 22.1. The van der Waals surface area contributed by atoms with E-state index in [0.29, 0.717) is 19.4 Å². The number of piperidine rings is 1. The molecule has 18 atom stereocenters. The van der Waals surface area contributed by atoms with Crippen LogP contribution in [0, 0.1) is 70.0 Å². The van der Waals surface area contributed by atoms with Gasteiger partial charge in [-0.15, -0.1) is 6.58 Å². The van der Waals surface area contributed by atoms with E-state index >= 15 is 14.4 Å². The van der Waals surface area contributed by atoms with E-state index in [1.807, 2.05) is 55.4 Å². The molecule has 0 spiro atoms. The number of allylic oxidation sites excluding steroid dienone is 4. The maximum Gasteiger partial charge on any atom is 0.329 e. The van der Waals surface area contributed by atoms with E-state index in [4.69, 9.17) is 33.2 Å². The van der Waals surface area contributed by atoms with Crippen LogP contribution in [-0.2, 0) is 52.3 Å². The molecule has 2 saturated heterocycles. The Balaban J connectivity index is 2.12. The molecule has 1 saturated carbocycles. The predicted octanol–water partition coefficient (Wildman–Crippen LogP) is 11.6. The topological polar surface area (TPSA) is 156 Å². The molecule has 1 amide bonds. The number of hydrogen-bond donors (Lipinski definition) is 1. The minimum atomic E-state index is -2.15. The summed E-state index contributed by atoms with van der Waals surface area (Å²) in [5.41, 5.74) is -1.36. The van der Waals surface area contributed by atoms with E-state index in [2.05, 4.69) is 95.7 Å². The first-order valence-electron chi connectivity index (χ1n) is 28.9. The average Bonchev–Trinajstić information content (AvgIpc) is 3.36. The van der Waals surface area contributed by atoms with Gasteiger partial charge in [-0.05, 0) is 139 Å². The Bertz CT molecular complexity index is 2130. The molecule has 0 aromatic rings. The van der Waals surface area contributed by atoms with E-state index in [9.17, 15) is 9.90 Å². The van der Waals surface area contributed by atoms with Crippen LogP contribution in [0.1, 0.15) is 177 Å². The van der Waals surface area contributed by atoms with Gasteiger partial charge in [-0.25, -0.2) is 4.79 Å². The number of carbonyl (C=O) groups is 4. The molecule has 76 heavy (non-hydrogen) atoms. The Kier molecular flexibility index (Phi) is 21.6. The maximum atomic E-state index is 16.1. The van der Waals surface area contributed by atoms with Crippen LogP contribution in [0.4, 0.5) is 0 Å². The number of methoxy groups -OCH3 is 4. The van der Waals surface area contributed by atoms with E-state index in [0.717, 1.165) is 23.1 Å². The monoisotopic (exact) mass is 1070 g/mol. The number of carbonyl (C=O) groups excluding carboxylic acids is 4. The van der Waals surface area contributed by atoms with Crippen molar-refractivity contribution < 1.29 is 57.4 Å². The summed E-state index contributed by atoms with van der Waals surface area (Å²) in [6.45, 7) is 45.3. The summed E-state index contributed by atoms with van der Waals surface area (Å²) in [5, 5.41) is 12.6. The first-order valence-corrected chi connectivity index (χ1v) is 28.9. The highest BCUT2D eigenvalue weighted by Gasteiger charge is 2.68. The molecular weight excluding hydrogens is 963 g/mol. The fourth-order valence-corrected chi connectivity index (χ4v) is 14.1. The van der Waals surface area contributed by atoms with Gasteiger partial charge in [-0.3, -0.25) is 14.4 Å². The van der Waals surface area contributed by atoms with Crippen molar-refractivity contribution in [3.8, 4) is 0 Å². The number of fused-ring (bicyclic) bond motifs is 3. The summed E-state index contributed by atoms with van der Waals surface area (Å²) in [6.07, 6.45) is 1.70. The van der Waals surface area contributed by atoms with Gasteiger partial charge in [0.1, 0.15) is 24.0 Å². The summed E-state index contributed by atoms with van der Waals surface area (Å²) < 4.78 is 46.2. The quantitative estimate of drug-likeness (QED) is 0.112. The fourth-order valence-electron chi connectivity index (χ4n) is 14.1. The Morgan fingerprint density at radius 1 is 0.855 bits per heavy atom. The minimum absolute atomic E-state index is 0.0489. The molecule has 1 aliphatic carbocycles. The van der Waals surface area contributed by atoms with Gasteiger partial charge >= 0.3 is 5.97 Å². The number of esters is 1. The van der Waals surface area contributed by atoms with Crippen molar-refractivity contribution >= 4 is 23.4 Å². The highest BCUT2D eigenvalue weighted by Crippen LogP contribution is 2.56. The molecule has 2 bridgehead atoms. The molecule has 3 fully saturated rings. The molecular formula is C63H107NO12. The highest BCUT2D eigenvalue weighted by atomic mass is 16.7. The molecule has 0 aromatic heterocycles. The summed E-state index contributed by atoms with van der Waals surface area (Å²) in [7, 11) is 6.40. The third-order valence-electron chi connectivity index (χ3n) is 22.1. The van der Waals surface area contributed by atoms with Gasteiger partial charge in [0, 0.05) is 64.3 Å². The molecule has 1 N–H and O–H groups in total. The van der Waals surface area contributed by atoms with Crippen LogP contribution < -0.4 is 0 Å². The van der Waals surface area contributed by atoms with Crippen LogP contribution in [0.2, 0.25) is 0 Å². The lowest BCUT2D eigenvalue weighted by molar-refractivity contribution is -0.349. The zero-order valence-corrected chi connectivity index (χ0v) is 51.9. The van der Waals surface area contributed by atoms with Gasteiger partial charge in [0.05, 0.1) is 29.5 Å². The van der Waals surface area contributed by atoms with E-state index in [1.165, 1.54) is 12.0 Å². The van der Waals surface area contributed by atoms with Crippen molar-refractivity contribution in [2.45, 2.75) is 236 Å². The molecule has 3 aliphatic heterocycles. The Labute approximate surface area is 460 Å². The number of aliphatic hydroxyl groups excluding tert-OH is 1. The standard InChI is InChI=1S/C63H107NO12/c1-26-28-46-41(11)39(9)38(8)40(10)42(12)53(71-23)54-51(70-22)34-60(19,36(5)6)63(73-25,76-54)55(67)56(68)64-48(31-37(7)58(15,16)59(64,17)18)57(69)75-52(43(13)49(65)33-50(46)66)47(35(3)4)32-45-29-30-61(20,72-24)62(21,44(45)14)74-27-2/h26,32,35-38,40,42-46,48-49,51-54,65H,1,27-31,33-34H2,2-25H3/b41-39+,47-32+/t37?,38?,40-,42?,43+,44?,45-,46+,48-,49-,51-,52-,53-,54-,60-,61+,62+,63-/m0/s1. The van der Waals surface area contributed by atoms with Crippen LogP contribution >= 0.6 is 0 Å². The number of ketones is 2. The van der Waals surface area contributed by atoms with Gasteiger partial charge in [0.2, 0.25) is 5.79 Å². The summed E-state index contributed by atoms with van der Waals surface area (Å²) in [4.78, 5) is 64.2. The van der Waals surface area contributed by atoms with Crippen LogP contribution in [0.3, 0.4) is 0 Å². The predicted molar refractivity (Wildman–Crippen MR) is 300 cm³/mol. The van der Waals surface area contributed by atoms with Gasteiger partial charge in [-0.2, -0.15) is 0 Å². The SMILES string of the molecule is C=CC[C@H]1C(=O)C[C@H](O)[C@@H](C)[C@@H](/C(=C/[C@@H]2CC[C@@](C)(OC)[C@](C)(OCC)C2C)C(C)C)OC(=O)[C@@H]2CC(C)C(C)(C)C(C)(C)N2C(=O)C(=O)[C@]2(OC)O[C@@H]([C@@H](OC)C[C@@]2(C)C(C)C)[C@@H](OC)C(C)[C@@H](C)C(C)/C(C)=C/1C. The van der Waals surface area contributed by atoms with Gasteiger partial charge < -0.3 is 43.2 Å². The van der Waals surface area contributed by atoms with Crippen molar-refractivity contribution in [2.75, 3.05) is 35.0 Å². The van der Waals surface area contributed by atoms with Crippen LogP contribution in [0.15, 0.2) is 35.5 Å². The molecule has 4 aliphatic rings. The van der Waals surface area contributed by atoms with Gasteiger partial charge in [0.15, 0.2) is 0 Å². The normalized spacial score (nSPS) is 42.6. The Hall–Kier alpha value is -2.78. The number of nitrogens with zero attached hydrogens (tertiary/aromatic N) is 1. The first kappa shape index (κ1) is 65.7. The van der Waals surface area contributed by atoms with Crippen LogP contribution in [0.25, 0.3) is 0 Å². The fraction of sp³-hybridized carbons (Fsp3) is 0.841. The number of hydrogen-bond acceptors (Lipinski definition) is 12.